The summed E-state index contributed by atoms with van der Waals surface area (Å²) < 4.78 is 0. The predicted molar refractivity (Wildman–Crippen MR) is 107 cm³/mol. The maximum Gasteiger partial charge on any atom is 0.145 e. The van der Waals surface area contributed by atoms with Crippen molar-refractivity contribution < 1.29 is 0 Å². The fourth-order valence-electron chi connectivity index (χ4n) is 2.81. The Bertz CT molecular complexity index is 986. The van der Waals surface area contributed by atoms with E-state index >= 15 is 0 Å². The highest BCUT2D eigenvalue weighted by Gasteiger charge is 2.11. The summed E-state index contributed by atoms with van der Waals surface area (Å²) in [6.45, 7) is 1.45. The fraction of sp³-hybridized carbons (Fsp3) is 0.150. The minimum atomic E-state index is 0.661. The molecule has 2 aromatic carbocycles. The molecule has 0 aliphatic heterocycles. The summed E-state index contributed by atoms with van der Waals surface area (Å²) in [4.78, 5) is 16.0. The van der Waals surface area contributed by atoms with Gasteiger partial charge in [-0.15, -0.1) is 11.3 Å². The number of nitrogens with zero attached hydrogens (tertiary/aromatic N) is 4. The first-order chi connectivity index (χ1) is 12.8. The van der Waals surface area contributed by atoms with Gasteiger partial charge in [0.2, 0.25) is 0 Å². The van der Waals surface area contributed by atoms with Gasteiger partial charge in [0.15, 0.2) is 0 Å². The van der Waals surface area contributed by atoms with E-state index in [2.05, 4.69) is 22.2 Å². The summed E-state index contributed by atoms with van der Waals surface area (Å²) in [5.41, 5.74) is 1.96. The lowest BCUT2D eigenvalue weighted by Crippen LogP contribution is -2.19. The molecule has 0 saturated heterocycles. The second-order valence-corrected chi connectivity index (χ2v) is 7.07. The Morgan fingerprint density at radius 3 is 2.58 bits per heavy atom. The topological polar surface area (TPSA) is 53.9 Å². The van der Waals surface area contributed by atoms with E-state index in [1.54, 1.807) is 11.3 Å². The molecule has 0 saturated carbocycles. The highest BCUT2D eigenvalue weighted by atomic mass is 32.1. The number of thiazole rings is 1. The Morgan fingerprint density at radius 1 is 0.962 bits per heavy atom. The van der Waals surface area contributed by atoms with Gasteiger partial charge in [0.05, 0.1) is 18.6 Å². The Hall–Kier alpha value is -2.83. The second kappa shape index (κ2) is 7.59. The summed E-state index contributed by atoms with van der Waals surface area (Å²) in [5.74, 6) is 1.63. The number of anilines is 2. The third kappa shape index (κ3) is 3.87. The number of nitrogens with one attached hydrogen (secondary N) is 1. The van der Waals surface area contributed by atoms with Crippen LogP contribution in [0.2, 0.25) is 0 Å². The Balaban J connectivity index is 1.62. The van der Waals surface area contributed by atoms with Crippen LogP contribution in [-0.2, 0) is 13.1 Å². The monoisotopic (exact) mass is 361 g/mol. The van der Waals surface area contributed by atoms with Crippen LogP contribution in [0, 0.1) is 0 Å². The molecule has 1 N–H and O–H groups in total. The standard InChI is InChI=1S/C20H19N5S/c1-25(14-19-21-11-12-26-19)13-18-23-17-10-6-5-9-16(17)20(24-18)22-15-7-3-2-4-8-15/h2-12H,13-14H2,1H3,(H,22,23,24). The minimum absolute atomic E-state index is 0.661. The molecule has 130 valence electrons. The first-order valence-electron chi connectivity index (χ1n) is 8.42. The number of rotatable bonds is 6. The zero-order valence-electron chi connectivity index (χ0n) is 14.5. The predicted octanol–water partition coefficient (Wildman–Crippen LogP) is 4.46. The molecule has 4 rings (SSSR count). The first kappa shape index (κ1) is 16.6. The van der Waals surface area contributed by atoms with Crippen molar-refractivity contribution >= 4 is 33.7 Å². The van der Waals surface area contributed by atoms with E-state index in [9.17, 15) is 0 Å². The molecule has 0 unspecified atom stereocenters. The third-order valence-electron chi connectivity index (χ3n) is 3.99. The fourth-order valence-corrected chi connectivity index (χ4v) is 3.50. The minimum Gasteiger partial charge on any atom is -0.340 e. The first-order valence-corrected chi connectivity index (χ1v) is 9.30. The van der Waals surface area contributed by atoms with Crippen molar-refractivity contribution in [3.05, 3.63) is 77.0 Å². The number of hydrogen-bond donors (Lipinski definition) is 1. The maximum absolute atomic E-state index is 4.78. The van der Waals surface area contributed by atoms with Crippen LogP contribution >= 0.6 is 11.3 Å². The average molecular weight is 361 g/mol. The highest BCUT2D eigenvalue weighted by Crippen LogP contribution is 2.24. The van der Waals surface area contributed by atoms with Crippen molar-refractivity contribution in [3.63, 3.8) is 0 Å². The van der Waals surface area contributed by atoms with E-state index in [0.29, 0.717) is 6.54 Å². The maximum atomic E-state index is 4.78. The van der Waals surface area contributed by atoms with Crippen molar-refractivity contribution in [2.75, 3.05) is 12.4 Å². The number of aromatic nitrogens is 3. The lowest BCUT2D eigenvalue weighted by Gasteiger charge is -2.16. The average Bonchev–Trinajstić information content (AvgIpc) is 3.15. The smallest absolute Gasteiger partial charge is 0.145 e. The van der Waals surface area contributed by atoms with Gasteiger partial charge in [-0.05, 0) is 31.3 Å². The molecular formula is C20H19N5S. The molecule has 2 heterocycles. The van der Waals surface area contributed by atoms with E-state index in [-0.39, 0.29) is 0 Å². The quantitative estimate of drug-likeness (QED) is 0.549. The van der Waals surface area contributed by atoms with Crippen LogP contribution in [0.3, 0.4) is 0 Å². The lowest BCUT2D eigenvalue weighted by molar-refractivity contribution is 0.310. The Morgan fingerprint density at radius 2 is 1.77 bits per heavy atom. The normalized spacial score (nSPS) is 11.2. The molecule has 0 atom stereocenters. The Labute approximate surface area is 156 Å². The van der Waals surface area contributed by atoms with Gasteiger partial charge in [0.25, 0.3) is 0 Å². The van der Waals surface area contributed by atoms with Crippen molar-refractivity contribution in [1.82, 2.24) is 19.9 Å². The third-order valence-corrected chi connectivity index (χ3v) is 4.75. The van der Waals surface area contributed by atoms with Crippen LogP contribution in [0.1, 0.15) is 10.8 Å². The molecule has 0 radical (unpaired) electrons. The van der Waals surface area contributed by atoms with Crippen molar-refractivity contribution in [2.45, 2.75) is 13.1 Å². The Kier molecular flexibility index (Phi) is 4.86. The van der Waals surface area contributed by atoms with E-state index in [1.807, 2.05) is 66.2 Å². The number of fused-ring (bicyclic) bond motifs is 1. The molecule has 0 amide bonds. The number of para-hydroxylation sites is 2. The zero-order chi connectivity index (χ0) is 17.8. The van der Waals surface area contributed by atoms with Crippen LogP contribution < -0.4 is 5.32 Å². The van der Waals surface area contributed by atoms with E-state index in [1.165, 1.54) is 0 Å². The van der Waals surface area contributed by atoms with Gasteiger partial charge in [-0.3, -0.25) is 4.90 Å². The van der Waals surface area contributed by atoms with Crippen LogP contribution in [0.5, 0.6) is 0 Å². The number of hydrogen-bond acceptors (Lipinski definition) is 6. The summed E-state index contributed by atoms with van der Waals surface area (Å²) in [5, 5.41) is 7.53. The molecule has 0 aliphatic carbocycles. The molecular weight excluding hydrogens is 342 g/mol. The van der Waals surface area contributed by atoms with Crippen LogP contribution in [0.15, 0.2) is 66.2 Å². The summed E-state index contributed by atoms with van der Waals surface area (Å²) in [6, 6.07) is 18.2. The largest absolute Gasteiger partial charge is 0.340 e. The molecule has 26 heavy (non-hydrogen) atoms. The summed E-state index contributed by atoms with van der Waals surface area (Å²) in [6.07, 6.45) is 1.84. The lowest BCUT2D eigenvalue weighted by atomic mass is 10.2. The molecule has 0 fully saturated rings. The molecule has 4 aromatic rings. The SMILES string of the molecule is CN(Cc1nc(Nc2ccccc2)c2ccccc2n1)Cc1nccs1. The summed E-state index contributed by atoms with van der Waals surface area (Å²) >= 11 is 1.66. The van der Waals surface area contributed by atoms with Crippen LogP contribution in [0.25, 0.3) is 10.9 Å². The van der Waals surface area contributed by atoms with Gasteiger partial charge < -0.3 is 5.32 Å². The van der Waals surface area contributed by atoms with Gasteiger partial charge in [-0.25, -0.2) is 15.0 Å². The van der Waals surface area contributed by atoms with Crippen molar-refractivity contribution in [2.24, 2.45) is 0 Å². The summed E-state index contributed by atoms with van der Waals surface area (Å²) in [7, 11) is 2.06. The van der Waals surface area contributed by atoms with Gasteiger partial charge >= 0.3 is 0 Å². The van der Waals surface area contributed by atoms with Crippen molar-refractivity contribution in [1.29, 1.82) is 0 Å². The molecule has 0 aliphatic rings. The van der Waals surface area contributed by atoms with Crippen molar-refractivity contribution in [3.8, 4) is 0 Å². The van der Waals surface area contributed by atoms with Gasteiger partial charge in [0, 0.05) is 22.7 Å². The molecule has 0 spiro atoms. The highest BCUT2D eigenvalue weighted by molar-refractivity contribution is 7.09. The van der Waals surface area contributed by atoms with Gasteiger partial charge in [-0.1, -0.05) is 30.3 Å². The molecule has 0 bridgehead atoms. The van der Waals surface area contributed by atoms with E-state index in [0.717, 1.165) is 39.8 Å². The second-order valence-electron chi connectivity index (χ2n) is 6.09. The zero-order valence-corrected chi connectivity index (χ0v) is 15.3. The number of benzene rings is 2. The van der Waals surface area contributed by atoms with Gasteiger partial charge in [0.1, 0.15) is 16.6 Å². The van der Waals surface area contributed by atoms with E-state index < -0.39 is 0 Å². The molecule has 2 aromatic heterocycles. The van der Waals surface area contributed by atoms with Crippen LogP contribution in [0.4, 0.5) is 11.5 Å². The molecule has 6 heteroatoms. The van der Waals surface area contributed by atoms with Gasteiger partial charge in [-0.2, -0.15) is 0 Å². The molecule has 5 nitrogen and oxygen atoms in total. The van der Waals surface area contributed by atoms with E-state index in [4.69, 9.17) is 9.97 Å². The van der Waals surface area contributed by atoms with Crippen LogP contribution in [-0.4, -0.2) is 26.9 Å².